The second kappa shape index (κ2) is 4.33. The number of amides is 1. The van der Waals surface area contributed by atoms with E-state index in [0.717, 1.165) is 29.7 Å². The van der Waals surface area contributed by atoms with Crippen LogP contribution in [0.15, 0.2) is 18.2 Å². The molecule has 0 unspecified atom stereocenters. The molecule has 0 aromatic heterocycles. The van der Waals surface area contributed by atoms with Gasteiger partial charge in [-0.1, -0.05) is 18.2 Å². The fraction of sp³-hybridized carbons (Fsp3) is 0.529. The van der Waals surface area contributed by atoms with Gasteiger partial charge in [-0.15, -0.1) is 0 Å². The molecule has 1 heterocycles. The summed E-state index contributed by atoms with van der Waals surface area (Å²) in [4.78, 5) is 24.7. The summed E-state index contributed by atoms with van der Waals surface area (Å²) in [6.45, 7) is 3.98. The minimum Gasteiger partial charge on any atom is -0.462 e. The first-order chi connectivity index (χ1) is 10.1. The molecule has 2 saturated carbocycles. The number of fused-ring (bicyclic) bond motifs is 1. The average molecular weight is 285 g/mol. The summed E-state index contributed by atoms with van der Waals surface area (Å²) >= 11 is 0. The van der Waals surface area contributed by atoms with Crippen molar-refractivity contribution in [2.75, 3.05) is 5.32 Å². The zero-order valence-corrected chi connectivity index (χ0v) is 12.3. The molecule has 3 aliphatic rings. The van der Waals surface area contributed by atoms with Crippen LogP contribution in [-0.4, -0.2) is 18.0 Å². The Morgan fingerprint density at radius 2 is 1.95 bits per heavy atom. The quantitative estimate of drug-likeness (QED) is 0.849. The van der Waals surface area contributed by atoms with Crippen molar-refractivity contribution in [2.24, 2.45) is 23.7 Å². The summed E-state index contributed by atoms with van der Waals surface area (Å²) in [6.07, 6.45) is 1.90. The van der Waals surface area contributed by atoms with Crippen molar-refractivity contribution in [3.8, 4) is 0 Å². The van der Waals surface area contributed by atoms with Gasteiger partial charge in [-0.3, -0.25) is 9.59 Å². The molecule has 1 N–H and O–H groups in total. The van der Waals surface area contributed by atoms with Gasteiger partial charge in [0.15, 0.2) is 0 Å². The fourth-order valence-corrected chi connectivity index (χ4v) is 4.58. The number of nitrogens with one attached hydrogen (secondary N) is 1. The highest BCUT2D eigenvalue weighted by Crippen LogP contribution is 2.57. The van der Waals surface area contributed by atoms with Crippen molar-refractivity contribution < 1.29 is 14.3 Å². The molecule has 21 heavy (non-hydrogen) atoms. The van der Waals surface area contributed by atoms with Gasteiger partial charge in [0.1, 0.15) is 6.10 Å². The minimum atomic E-state index is -0.210. The standard InChI is InChI=1S/C17H19NO3/c1-8-4-3-5-9(2)15(8)18-16(19)13-10-6-11-12(7-10)21-17(20)14(11)13/h3-5,10-14H,6-7H2,1-2H3,(H,18,19)/t10-,11-,12+,13-,14-/m1/s1. The van der Waals surface area contributed by atoms with Gasteiger partial charge in [0.05, 0.1) is 11.8 Å². The van der Waals surface area contributed by atoms with Crippen LogP contribution in [0.2, 0.25) is 0 Å². The Morgan fingerprint density at radius 3 is 2.67 bits per heavy atom. The van der Waals surface area contributed by atoms with Gasteiger partial charge in [0, 0.05) is 11.6 Å². The summed E-state index contributed by atoms with van der Waals surface area (Å²) in [5.41, 5.74) is 2.99. The third-order valence-corrected chi connectivity index (χ3v) is 5.52. The van der Waals surface area contributed by atoms with Crippen molar-refractivity contribution >= 4 is 17.6 Å². The van der Waals surface area contributed by atoms with Gasteiger partial charge < -0.3 is 10.1 Å². The molecular weight excluding hydrogens is 266 g/mol. The highest BCUT2D eigenvalue weighted by Gasteiger charge is 2.63. The van der Waals surface area contributed by atoms with Gasteiger partial charge in [-0.25, -0.2) is 0 Å². The molecular formula is C17H19NO3. The molecule has 0 radical (unpaired) electrons. The number of ether oxygens (including phenoxy) is 1. The Labute approximate surface area is 123 Å². The topological polar surface area (TPSA) is 55.4 Å². The highest BCUT2D eigenvalue weighted by molar-refractivity contribution is 5.97. The van der Waals surface area contributed by atoms with E-state index in [1.54, 1.807) is 0 Å². The lowest BCUT2D eigenvalue weighted by atomic mass is 9.79. The molecule has 1 aromatic rings. The lowest BCUT2D eigenvalue weighted by molar-refractivity contribution is -0.145. The smallest absolute Gasteiger partial charge is 0.310 e. The Balaban J connectivity index is 1.60. The molecule has 4 rings (SSSR count). The van der Waals surface area contributed by atoms with Crippen molar-refractivity contribution in [3.05, 3.63) is 29.3 Å². The van der Waals surface area contributed by atoms with Crippen molar-refractivity contribution in [1.29, 1.82) is 0 Å². The Bertz CT molecular complexity index is 617. The van der Waals surface area contributed by atoms with Gasteiger partial charge >= 0.3 is 5.97 Å². The average Bonchev–Trinajstić information content (AvgIpc) is 3.04. The van der Waals surface area contributed by atoms with E-state index in [0.29, 0.717) is 5.92 Å². The number of carbonyl (C=O) groups excluding carboxylic acids is 2. The Hall–Kier alpha value is -1.84. The number of benzene rings is 1. The van der Waals surface area contributed by atoms with Gasteiger partial charge in [-0.05, 0) is 43.7 Å². The predicted octanol–water partition coefficient (Wildman–Crippen LogP) is 2.44. The SMILES string of the molecule is Cc1cccc(C)c1NC(=O)[C@@H]1[C@@H]2C[C@H]3[C@H]1C(=O)O[C@H]3C2. The largest absolute Gasteiger partial charge is 0.462 e. The highest BCUT2D eigenvalue weighted by atomic mass is 16.6. The monoisotopic (exact) mass is 285 g/mol. The molecule has 4 heteroatoms. The van der Waals surface area contributed by atoms with Crippen molar-refractivity contribution in [1.82, 2.24) is 0 Å². The summed E-state index contributed by atoms with van der Waals surface area (Å²) in [7, 11) is 0. The molecule has 4 nitrogen and oxygen atoms in total. The van der Waals surface area contributed by atoms with Crippen LogP contribution in [0.1, 0.15) is 24.0 Å². The van der Waals surface area contributed by atoms with Crippen LogP contribution in [0, 0.1) is 37.5 Å². The third kappa shape index (κ3) is 1.74. The van der Waals surface area contributed by atoms with E-state index in [2.05, 4.69) is 5.32 Å². The molecule has 1 aliphatic heterocycles. The van der Waals surface area contributed by atoms with E-state index in [1.807, 2.05) is 32.0 Å². The molecule has 2 aliphatic carbocycles. The van der Waals surface area contributed by atoms with Crippen molar-refractivity contribution in [2.45, 2.75) is 32.8 Å². The molecule has 1 amide bonds. The number of aryl methyl sites for hydroxylation is 2. The summed E-state index contributed by atoms with van der Waals surface area (Å²) in [6, 6.07) is 5.96. The molecule has 3 fully saturated rings. The number of hydrogen-bond acceptors (Lipinski definition) is 3. The number of carbonyl (C=O) groups is 2. The van der Waals surface area contributed by atoms with Crippen LogP contribution in [0.4, 0.5) is 5.69 Å². The summed E-state index contributed by atoms with van der Waals surface area (Å²) in [5.74, 6) is -0.0100. The van der Waals surface area contributed by atoms with Crippen LogP contribution in [0.25, 0.3) is 0 Å². The van der Waals surface area contributed by atoms with Gasteiger partial charge in [0.25, 0.3) is 0 Å². The van der Waals surface area contributed by atoms with Crippen LogP contribution >= 0.6 is 0 Å². The zero-order chi connectivity index (χ0) is 14.7. The number of anilines is 1. The summed E-state index contributed by atoms with van der Waals surface area (Å²) in [5, 5.41) is 3.06. The predicted molar refractivity (Wildman–Crippen MR) is 77.6 cm³/mol. The lowest BCUT2D eigenvalue weighted by Crippen LogP contribution is -2.36. The van der Waals surface area contributed by atoms with Gasteiger partial charge in [-0.2, -0.15) is 0 Å². The maximum absolute atomic E-state index is 12.7. The minimum absolute atomic E-state index is 0.0119. The Kier molecular flexibility index (Phi) is 2.65. The molecule has 0 spiro atoms. The molecule has 110 valence electrons. The molecule has 1 aromatic carbocycles. The first-order valence-electron chi connectivity index (χ1n) is 7.64. The van der Waals surface area contributed by atoms with E-state index in [4.69, 9.17) is 4.74 Å². The fourth-order valence-electron chi connectivity index (χ4n) is 4.58. The second-order valence-corrected chi connectivity index (χ2v) is 6.68. The van der Waals surface area contributed by atoms with E-state index in [9.17, 15) is 9.59 Å². The van der Waals surface area contributed by atoms with Crippen LogP contribution in [-0.2, 0) is 14.3 Å². The van der Waals surface area contributed by atoms with E-state index in [-0.39, 0.29) is 35.7 Å². The lowest BCUT2D eigenvalue weighted by Gasteiger charge is -2.24. The van der Waals surface area contributed by atoms with Crippen molar-refractivity contribution in [3.63, 3.8) is 0 Å². The maximum atomic E-state index is 12.7. The molecule has 1 saturated heterocycles. The maximum Gasteiger partial charge on any atom is 0.310 e. The first kappa shape index (κ1) is 12.9. The van der Waals surface area contributed by atoms with Gasteiger partial charge in [0.2, 0.25) is 5.91 Å². The van der Waals surface area contributed by atoms with Crippen LogP contribution < -0.4 is 5.32 Å². The number of esters is 1. The van der Waals surface area contributed by atoms with E-state index >= 15 is 0 Å². The number of para-hydroxylation sites is 1. The first-order valence-corrected chi connectivity index (χ1v) is 7.64. The molecule has 5 atom stereocenters. The Morgan fingerprint density at radius 1 is 1.24 bits per heavy atom. The zero-order valence-electron chi connectivity index (χ0n) is 12.3. The number of hydrogen-bond donors (Lipinski definition) is 1. The van der Waals surface area contributed by atoms with E-state index < -0.39 is 0 Å². The van der Waals surface area contributed by atoms with E-state index in [1.165, 1.54) is 0 Å². The van der Waals surface area contributed by atoms with Crippen LogP contribution in [0.5, 0.6) is 0 Å². The normalized spacial score (nSPS) is 35.9. The number of rotatable bonds is 2. The molecule has 2 bridgehead atoms. The third-order valence-electron chi connectivity index (χ3n) is 5.52. The van der Waals surface area contributed by atoms with Crippen LogP contribution in [0.3, 0.4) is 0 Å². The summed E-state index contributed by atoms with van der Waals surface area (Å²) < 4.78 is 5.40. The second-order valence-electron chi connectivity index (χ2n) is 6.68.